The molecule has 1 heterocycles. The first-order valence-electron chi connectivity index (χ1n) is 7.99. The maximum Gasteiger partial charge on any atom is 0.0597 e. The highest BCUT2D eigenvalue weighted by Gasteiger charge is 2.32. The van der Waals surface area contributed by atoms with Crippen LogP contribution in [0.2, 0.25) is 0 Å². The molecule has 1 aliphatic heterocycles. The lowest BCUT2D eigenvalue weighted by Gasteiger charge is -2.24. The Morgan fingerprint density at radius 2 is 1.89 bits per heavy atom. The van der Waals surface area contributed by atoms with Crippen LogP contribution in [-0.2, 0) is 4.74 Å². The molecule has 3 fully saturated rings. The van der Waals surface area contributed by atoms with Crippen molar-refractivity contribution in [3.8, 4) is 0 Å². The molecule has 3 heteroatoms. The van der Waals surface area contributed by atoms with E-state index in [9.17, 15) is 0 Å². The molecule has 2 saturated carbocycles. The van der Waals surface area contributed by atoms with Crippen LogP contribution in [0.15, 0.2) is 0 Å². The lowest BCUT2D eigenvalue weighted by molar-refractivity contribution is 0.0413. The topological polar surface area (TPSA) is 24.5 Å². The molecule has 104 valence electrons. The number of nitrogens with one attached hydrogen (secondary N) is 1. The zero-order chi connectivity index (χ0) is 12.2. The second-order valence-electron chi connectivity index (χ2n) is 6.33. The largest absolute Gasteiger partial charge is 0.377 e. The molecule has 1 unspecified atom stereocenters. The highest BCUT2D eigenvalue weighted by molar-refractivity contribution is 4.90. The summed E-state index contributed by atoms with van der Waals surface area (Å²) in [6.45, 7) is 5.80. The third-order valence-corrected chi connectivity index (χ3v) is 4.77. The second kappa shape index (κ2) is 6.36. The molecule has 0 radical (unpaired) electrons. The molecule has 1 saturated heterocycles. The van der Waals surface area contributed by atoms with Crippen molar-refractivity contribution in [1.82, 2.24) is 10.2 Å². The van der Waals surface area contributed by atoms with E-state index >= 15 is 0 Å². The molecule has 0 amide bonds. The van der Waals surface area contributed by atoms with Crippen molar-refractivity contribution < 1.29 is 4.74 Å². The summed E-state index contributed by atoms with van der Waals surface area (Å²) < 4.78 is 6.00. The van der Waals surface area contributed by atoms with Gasteiger partial charge in [-0.15, -0.1) is 0 Å². The summed E-state index contributed by atoms with van der Waals surface area (Å²) in [6, 6.07) is 0.763. The van der Waals surface area contributed by atoms with Crippen molar-refractivity contribution in [2.75, 3.05) is 32.8 Å². The Hall–Kier alpha value is -0.120. The smallest absolute Gasteiger partial charge is 0.0597 e. The van der Waals surface area contributed by atoms with Crippen LogP contribution in [0.3, 0.4) is 0 Å². The lowest BCUT2D eigenvalue weighted by Crippen LogP contribution is -2.40. The summed E-state index contributed by atoms with van der Waals surface area (Å²) in [5.41, 5.74) is 0. The Morgan fingerprint density at radius 1 is 1.06 bits per heavy atom. The van der Waals surface area contributed by atoms with Crippen LogP contribution in [0.25, 0.3) is 0 Å². The van der Waals surface area contributed by atoms with Gasteiger partial charge < -0.3 is 10.1 Å². The minimum Gasteiger partial charge on any atom is -0.377 e. The monoisotopic (exact) mass is 252 g/mol. The van der Waals surface area contributed by atoms with E-state index in [1.54, 1.807) is 0 Å². The molecule has 3 aliphatic rings. The van der Waals surface area contributed by atoms with Crippen molar-refractivity contribution in [1.29, 1.82) is 0 Å². The standard InChI is InChI=1S/C15H28N2O/c1-2-5-14(4-1)18-11-10-17-9-3-8-16-15(12-17)13-6-7-13/h13-16H,1-12H2. The molecule has 1 atom stereocenters. The van der Waals surface area contributed by atoms with E-state index in [0.29, 0.717) is 6.10 Å². The molecule has 18 heavy (non-hydrogen) atoms. The first-order chi connectivity index (χ1) is 8.92. The summed E-state index contributed by atoms with van der Waals surface area (Å²) >= 11 is 0. The zero-order valence-electron chi connectivity index (χ0n) is 11.6. The predicted molar refractivity (Wildman–Crippen MR) is 73.8 cm³/mol. The van der Waals surface area contributed by atoms with Gasteiger partial charge in [0, 0.05) is 19.1 Å². The van der Waals surface area contributed by atoms with Crippen LogP contribution in [0.5, 0.6) is 0 Å². The summed E-state index contributed by atoms with van der Waals surface area (Å²) in [7, 11) is 0. The Balaban J connectivity index is 1.37. The van der Waals surface area contributed by atoms with Crippen molar-refractivity contribution in [2.45, 2.75) is 57.1 Å². The molecule has 3 nitrogen and oxygen atoms in total. The highest BCUT2D eigenvalue weighted by Crippen LogP contribution is 2.33. The van der Waals surface area contributed by atoms with Gasteiger partial charge in [-0.2, -0.15) is 0 Å². The van der Waals surface area contributed by atoms with Gasteiger partial charge in [0.05, 0.1) is 12.7 Å². The van der Waals surface area contributed by atoms with E-state index in [2.05, 4.69) is 10.2 Å². The van der Waals surface area contributed by atoms with Gasteiger partial charge in [-0.1, -0.05) is 12.8 Å². The predicted octanol–water partition coefficient (Wildman–Crippen LogP) is 2.02. The van der Waals surface area contributed by atoms with Crippen molar-refractivity contribution in [2.24, 2.45) is 5.92 Å². The highest BCUT2D eigenvalue weighted by atomic mass is 16.5. The van der Waals surface area contributed by atoms with Crippen LogP contribution < -0.4 is 5.32 Å². The van der Waals surface area contributed by atoms with Crippen LogP contribution in [0.1, 0.15) is 44.9 Å². The Morgan fingerprint density at radius 3 is 2.67 bits per heavy atom. The van der Waals surface area contributed by atoms with E-state index in [0.717, 1.165) is 25.1 Å². The van der Waals surface area contributed by atoms with Crippen molar-refractivity contribution in [3.63, 3.8) is 0 Å². The third-order valence-electron chi connectivity index (χ3n) is 4.77. The van der Waals surface area contributed by atoms with Gasteiger partial charge in [-0.3, -0.25) is 4.90 Å². The minimum absolute atomic E-state index is 0.578. The Kier molecular flexibility index (Phi) is 4.55. The fraction of sp³-hybridized carbons (Fsp3) is 1.00. The fourth-order valence-electron chi connectivity index (χ4n) is 3.45. The third kappa shape index (κ3) is 3.69. The number of hydrogen-bond acceptors (Lipinski definition) is 3. The van der Waals surface area contributed by atoms with Crippen LogP contribution in [0.4, 0.5) is 0 Å². The zero-order valence-corrected chi connectivity index (χ0v) is 11.6. The minimum atomic E-state index is 0.578. The molecule has 0 aromatic heterocycles. The molecular weight excluding hydrogens is 224 g/mol. The SMILES string of the molecule is C1CCC(OCCN2CCCNC(C3CC3)C2)C1. The van der Waals surface area contributed by atoms with Crippen LogP contribution >= 0.6 is 0 Å². The van der Waals surface area contributed by atoms with Gasteiger partial charge in [0.15, 0.2) is 0 Å². The van der Waals surface area contributed by atoms with Gasteiger partial charge in [0.2, 0.25) is 0 Å². The van der Waals surface area contributed by atoms with Crippen LogP contribution in [0, 0.1) is 5.92 Å². The molecule has 0 aromatic carbocycles. The van der Waals surface area contributed by atoms with E-state index in [-0.39, 0.29) is 0 Å². The van der Waals surface area contributed by atoms with E-state index < -0.39 is 0 Å². The molecule has 1 N–H and O–H groups in total. The fourth-order valence-corrected chi connectivity index (χ4v) is 3.45. The maximum absolute atomic E-state index is 6.00. The Bertz CT molecular complexity index is 249. The van der Waals surface area contributed by atoms with E-state index in [1.807, 2.05) is 0 Å². The van der Waals surface area contributed by atoms with E-state index in [4.69, 9.17) is 4.74 Å². The summed E-state index contributed by atoms with van der Waals surface area (Å²) in [6.07, 6.45) is 10.1. The summed E-state index contributed by atoms with van der Waals surface area (Å²) in [4.78, 5) is 2.62. The molecule has 0 bridgehead atoms. The summed E-state index contributed by atoms with van der Waals surface area (Å²) in [5, 5.41) is 3.72. The Labute approximate surface area is 111 Å². The number of nitrogens with zero attached hydrogens (tertiary/aromatic N) is 1. The lowest BCUT2D eigenvalue weighted by atomic mass is 10.2. The average molecular weight is 252 g/mol. The second-order valence-corrected chi connectivity index (χ2v) is 6.33. The van der Waals surface area contributed by atoms with Crippen molar-refractivity contribution in [3.05, 3.63) is 0 Å². The first kappa shape index (κ1) is 12.9. The number of ether oxygens (including phenoxy) is 1. The molecule has 0 aromatic rings. The molecule has 0 spiro atoms. The van der Waals surface area contributed by atoms with Gasteiger partial charge in [0.25, 0.3) is 0 Å². The maximum atomic E-state index is 6.00. The summed E-state index contributed by atoms with van der Waals surface area (Å²) in [5.74, 6) is 0.973. The molecule has 3 rings (SSSR count). The van der Waals surface area contributed by atoms with Gasteiger partial charge in [-0.25, -0.2) is 0 Å². The normalized spacial score (nSPS) is 31.7. The van der Waals surface area contributed by atoms with Gasteiger partial charge in [0.1, 0.15) is 0 Å². The average Bonchev–Trinajstić information content (AvgIpc) is 3.13. The van der Waals surface area contributed by atoms with Gasteiger partial charge in [-0.05, 0) is 51.1 Å². The molecular formula is C15H28N2O. The number of hydrogen-bond donors (Lipinski definition) is 1. The number of rotatable bonds is 5. The van der Waals surface area contributed by atoms with Crippen LogP contribution in [-0.4, -0.2) is 49.8 Å². The first-order valence-corrected chi connectivity index (χ1v) is 7.99. The molecule has 2 aliphatic carbocycles. The van der Waals surface area contributed by atoms with Gasteiger partial charge >= 0.3 is 0 Å². The van der Waals surface area contributed by atoms with E-state index in [1.165, 1.54) is 64.6 Å². The van der Waals surface area contributed by atoms with Crippen molar-refractivity contribution >= 4 is 0 Å². The quantitative estimate of drug-likeness (QED) is 0.810.